The summed E-state index contributed by atoms with van der Waals surface area (Å²) in [6, 6.07) is 32.8. The van der Waals surface area contributed by atoms with Gasteiger partial charge in [0.2, 0.25) is 0 Å². The van der Waals surface area contributed by atoms with Crippen LogP contribution in [0.2, 0.25) is 0 Å². The first-order valence-corrected chi connectivity index (χ1v) is 11.2. The standard InChI is InChI=1S/C29H22N4O/c30-28-27-26(23-11-6-12-25(18-23)34-19-20-7-2-1-3-8-20)32-29(33(27)16-15-31-28)24-14-13-21-9-4-5-10-22(21)17-24/h1-18H,19H2,(H2,30,31). The Morgan fingerprint density at radius 2 is 1.59 bits per heavy atom. The van der Waals surface area contributed by atoms with Gasteiger partial charge in [-0.05, 0) is 34.5 Å². The molecule has 0 fully saturated rings. The van der Waals surface area contributed by atoms with Crippen LogP contribution in [0.1, 0.15) is 5.56 Å². The third-order valence-electron chi connectivity index (χ3n) is 5.95. The highest BCUT2D eigenvalue weighted by atomic mass is 16.5. The maximum Gasteiger partial charge on any atom is 0.150 e. The molecule has 0 aliphatic heterocycles. The van der Waals surface area contributed by atoms with Gasteiger partial charge in [0, 0.05) is 23.5 Å². The van der Waals surface area contributed by atoms with E-state index in [1.807, 2.05) is 65.2 Å². The molecule has 0 unspecified atom stereocenters. The van der Waals surface area contributed by atoms with Crippen molar-refractivity contribution in [2.45, 2.75) is 6.61 Å². The molecule has 34 heavy (non-hydrogen) atoms. The zero-order valence-electron chi connectivity index (χ0n) is 18.4. The molecule has 0 radical (unpaired) electrons. The van der Waals surface area contributed by atoms with Gasteiger partial charge < -0.3 is 10.5 Å². The van der Waals surface area contributed by atoms with Gasteiger partial charge in [0.15, 0.2) is 0 Å². The van der Waals surface area contributed by atoms with Crippen LogP contribution in [0.5, 0.6) is 5.75 Å². The summed E-state index contributed by atoms with van der Waals surface area (Å²) in [5.41, 5.74) is 11.0. The number of nitrogens with zero attached hydrogens (tertiary/aromatic N) is 3. The van der Waals surface area contributed by atoms with E-state index >= 15 is 0 Å². The van der Waals surface area contributed by atoms with Gasteiger partial charge in [0.05, 0.1) is 0 Å². The third-order valence-corrected chi connectivity index (χ3v) is 5.95. The highest BCUT2D eigenvalue weighted by molar-refractivity contribution is 5.91. The number of fused-ring (bicyclic) bond motifs is 2. The molecule has 5 heteroatoms. The van der Waals surface area contributed by atoms with E-state index in [0.717, 1.165) is 44.9 Å². The number of nitrogens with two attached hydrogens (primary N) is 1. The molecule has 0 saturated heterocycles. The van der Waals surface area contributed by atoms with Crippen molar-refractivity contribution < 1.29 is 4.74 Å². The van der Waals surface area contributed by atoms with E-state index in [1.54, 1.807) is 6.20 Å². The Balaban J connectivity index is 1.44. The van der Waals surface area contributed by atoms with Crippen molar-refractivity contribution >= 4 is 22.1 Å². The fraction of sp³-hybridized carbons (Fsp3) is 0.0345. The van der Waals surface area contributed by atoms with E-state index in [-0.39, 0.29) is 0 Å². The van der Waals surface area contributed by atoms with Gasteiger partial charge in [-0.3, -0.25) is 4.40 Å². The lowest BCUT2D eigenvalue weighted by Gasteiger charge is -2.08. The molecule has 164 valence electrons. The number of hydrogen-bond acceptors (Lipinski definition) is 4. The number of ether oxygens (including phenoxy) is 1. The molecule has 2 N–H and O–H groups in total. The van der Waals surface area contributed by atoms with Crippen molar-refractivity contribution in [3.8, 4) is 28.4 Å². The highest BCUT2D eigenvalue weighted by Crippen LogP contribution is 2.34. The molecule has 0 saturated carbocycles. The Morgan fingerprint density at radius 3 is 2.47 bits per heavy atom. The van der Waals surface area contributed by atoms with Crippen LogP contribution in [-0.4, -0.2) is 14.4 Å². The van der Waals surface area contributed by atoms with Gasteiger partial charge >= 0.3 is 0 Å². The Hall–Kier alpha value is -4.64. The number of nitrogen functional groups attached to an aromatic ring is 1. The molecule has 0 bridgehead atoms. The molecule has 2 aromatic heterocycles. The molecule has 0 amide bonds. The minimum Gasteiger partial charge on any atom is -0.489 e. The number of imidazole rings is 1. The van der Waals surface area contributed by atoms with Crippen molar-refractivity contribution in [1.29, 1.82) is 0 Å². The topological polar surface area (TPSA) is 65.4 Å². The van der Waals surface area contributed by atoms with E-state index in [1.165, 1.54) is 5.39 Å². The van der Waals surface area contributed by atoms with Crippen molar-refractivity contribution in [3.63, 3.8) is 0 Å². The van der Waals surface area contributed by atoms with Gasteiger partial charge in [-0.15, -0.1) is 0 Å². The van der Waals surface area contributed by atoms with E-state index in [2.05, 4.69) is 47.4 Å². The summed E-state index contributed by atoms with van der Waals surface area (Å²) in [6.07, 6.45) is 3.61. The molecular weight excluding hydrogens is 420 g/mol. The smallest absolute Gasteiger partial charge is 0.150 e. The summed E-state index contributed by atoms with van der Waals surface area (Å²) < 4.78 is 8.07. The van der Waals surface area contributed by atoms with Crippen LogP contribution in [0.15, 0.2) is 109 Å². The van der Waals surface area contributed by atoms with Crippen molar-refractivity contribution in [2.24, 2.45) is 0 Å². The van der Waals surface area contributed by atoms with Crippen LogP contribution in [-0.2, 0) is 6.61 Å². The minimum atomic E-state index is 0.438. The zero-order chi connectivity index (χ0) is 22.9. The summed E-state index contributed by atoms with van der Waals surface area (Å²) in [5, 5.41) is 2.36. The molecule has 0 spiro atoms. The molecular formula is C29H22N4O. The maximum atomic E-state index is 6.35. The average molecular weight is 443 g/mol. The largest absolute Gasteiger partial charge is 0.489 e. The van der Waals surface area contributed by atoms with E-state index in [4.69, 9.17) is 15.5 Å². The second-order valence-corrected chi connectivity index (χ2v) is 8.18. The number of benzene rings is 4. The molecule has 0 atom stereocenters. The molecule has 0 aliphatic rings. The molecule has 4 aromatic carbocycles. The van der Waals surface area contributed by atoms with Crippen LogP contribution in [0.25, 0.3) is 38.9 Å². The van der Waals surface area contributed by atoms with Gasteiger partial charge in [-0.25, -0.2) is 9.97 Å². The second-order valence-electron chi connectivity index (χ2n) is 8.18. The van der Waals surface area contributed by atoms with Crippen LogP contribution in [0.4, 0.5) is 5.82 Å². The molecule has 6 rings (SSSR count). The monoisotopic (exact) mass is 442 g/mol. The first kappa shape index (κ1) is 20.0. The Bertz CT molecular complexity index is 1620. The highest BCUT2D eigenvalue weighted by Gasteiger charge is 2.18. The zero-order valence-corrected chi connectivity index (χ0v) is 18.4. The summed E-state index contributed by atoms with van der Waals surface area (Å²) in [7, 11) is 0. The molecule has 2 heterocycles. The average Bonchev–Trinajstić information content (AvgIpc) is 3.29. The fourth-order valence-electron chi connectivity index (χ4n) is 4.27. The third kappa shape index (κ3) is 3.63. The Labute approximate surface area is 197 Å². The summed E-state index contributed by atoms with van der Waals surface area (Å²) in [6.45, 7) is 0.500. The van der Waals surface area contributed by atoms with E-state index in [9.17, 15) is 0 Å². The number of hydrogen-bond donors (Lipinski definition) is 1. The predicted molar refractivity (Wildman–Crippen MR) is 137 cm³/mol. The predicted octanol–water partition coefficient (Wildman–Crippen LogP) is 6.38. The fourth-order valence-corrected chi connectivity index (χ4v) is 4.27. The Kier molecular flexibility index (Phi) is 4.92. The first-order chi connectivity index (χ1) is 16.8. The summed E-state index contributed by atoms with van der Waals surface area (Å²) >= 11 is 0. The van der Waals surface area contributed by atoms with Crippen LogP contribution in [0.3, 0.4) is 0 Å². The van der Waals surface area contributed by atoms with Crippen molar-refractivity contribution in [3.05, 3.63) is 115 Å². The normalized spacial score (nSPS) is 11.2. The molecule has 5 nitrogen and oxygen atoms in total. The summed E-state index contributed by atoms with van der Waals surface area (Å²) in [5.74, 6) is 2.03. The molecule has 6 aromatic rings. The van der Waals surface area contributed by atoms with Crippen LogP contribution >= 0.6 is 0 Å². The Morgan fingerprint density at radius 1 is 0.765 bits per heavy atom. The minimum absolute atomic E-state index is 0.438. The van der Waals surface area contributed by atoms with E-state index < -0.39 is 0 Å². The van der Waals surface area contributed by atoms with E-state index in [0.29, 0.717) is 12.4 Å². The number of anilines is 1. The maximum absolute atomic E-state index is 6.35. The first-order valence-electron chi connectivity index (χ1n) is 11.2. The summed E-state index contributed by atoms with van der Waals surface area (Å²) in [4.78, 5) is 9.38. The van der Waals surface area contributed by atoms with Gasteiger partial charge in [-0.2, -0.15) is 0 Å². The number of aromatic nitrogens is 3. The van der Waals surface area contributed by atoms with Gasteiger partial charge in [0.25, 0.3) is 0 Å². The second kappa shape index (κ2) is 8.37. The SMILES string of the molecule is Nc1nccn2c(-c3ccc4ccccc4c3)nc(-c3cccc(OCc4ccccc4)c3)c12. The van der Waals surface area contributed by atoms with Gasteiger partial charge in [0.1, 0.15) is 35.2 Å². The lowest BCUT2D eigenvalue weighted by atomic mass is 10.1. The van der Waals surface area contributed by atoms with Crippen LogP contribution < -0.4 is 10.5 Å². The lowest BCUT2D eigenvalue weighted by molar-refractivity contribution is 0.306. The quantitative estimate of drug-likeness (QED) is 0.337. The van der Waals surface area contributed by atoms with Crippen LogP contribution in [0, 0.1) is 0 Å². The lowest BCUT2D eigenvalue weighted by Crippen LogP contribution is -1.97. The number of rotatable bonds is 5. The van der Waals surface area contributed by atoms with Crippen molar-refractivity contribution in [1.82, 2.24) is 14.4 Å². The van der Waals surface area contributed by atoms with Gasteiger partial charge in [-0.1, -0.05) is 78.9 Å². The molecule has 0 aliphatic carbocycles. The van der Waals surface area contributed by atoms with Crippen molar-refractivity contribution in [2.75, 3.05) is 5.73 Å².